The lowest BCUT2D eigenvalue weighted by atomic mass is 9.95. The van der Waals surface area contributed by atoms with Gasteiger partial charge in [-0.05, 0) is 57.4 Å². The normalized spacial score (nSPS) is 40.4. The number of benzene rings is 2. The van der Waals surface area contributed by atoms with Crippen molar-refractivity contribution >= 4 is 29.5 Å². The van der Waals surface area contributed by atoms with Crippen molar-refractivity contribution in [1.82, 2.24) is 26.2 Å². The number of hydrogen-bond acceptors (Lipinski definition) is 42. The second-order valence-electron chi connectivity index (χ2n) is 29.9. The number of aromatic hydroxyl groups is 1. The summed E-state index contributed by atoms with van der Waals surface area (Å²) in [4.78, 5) is 65.0. The molecule has 38 atom stereocenters. The molecule has 47 nitrogen and oxygen atoms in total. The molecule has 0 aromatic heterocycles. The maximum absolute atomic E-state index is 13.2. The number of nitrogens with two attached hydrogens (primary N) is 1. The third-order valence-electron chi connectivity index (χ3n) is 21.2. The number of aliphatic hydroxyl groups is 21. The third-order valence-corrected chi connectivity index (χ3v) is 21.2. The van der Waals surface area contributed by atoms with E-state index in [1.807, 2.05) is 44.2 Å². The van der Waals surface area contributed by atoms with E-state index >= 15 is 0 Å². The van der Waals surface area contributed by atoms with Crippen LogP contribution in [0.1, 0.15) is 38.8 Å². The maximum Gasteiger partial charge on any atom is 0.243 e. The highest BCUT2D eigenvalue weighted by atomic mass is 16.8. The van der Waals surface area contributed by atoms with Crippen LogP contribution in [-0.2, 0) is 103 Å². The van der Waals surface area contributed by atoms with E-state index in [9.17, 15) is 136 Å². The van der Waals surface area contributed by atoms with Crippen molar-refractivity contribution in [3.63, 3.8) is 0 Å². The lowest BCUT2D eigenvalue weighted by Gasteiger charge is -2.50. The Balaban J connectivity index is 0.000000325. The highest BCUT2D eigenvalue weighted by Gasteiger charge is 2.60. The van der Waals surface area contributed by atoms with Crippen LogP contribution in [0.4, 0.5) is 0 Å². The average Bonchev–Trinajstić information content (AvgIpc) is 0.816. The second kappa shape index (κ2) is 44.2. The number of hydrogen-bond donors (Lipinski definition) is 27. The maximum atomic E-state index is 13.2. The van der Waals surface area contributed by atoms with E-state index in [1.165, 1.54) is 24.0 Å². The molecule has 47 heteroatoms. The average molecular weight is 1720 g/mol. The van der Waals surface area contributed by atoms with Gasteiger partial charge in [-0.15, -0.1) is 0 Å². The summed E-state index contributed by atoms with van der Waals surface area (Å²) in [6, 6.07) is 12.5. The second-order valence-corrected chi connectivity index (χ2v) is 29.9. The van der Waals surface area contributed by atoms with Crippen molar-refractivity contribution in [2.75, 3.05) is 65.9 Å². The van der Waals surface area contributed by atoms with Crippen LogP contribution < -0.4 is 27.0 Å². The molecule has 119 heavy (non-hydrogen) atoms. The van der Waals surface area contributed by atoms with Crippen LogP contribution in [0.5, 0.6) is 5.75 Å². The lowest BCUT2D eigenvalue weighted by Crippen LogP contribution is -2.68. The lowest BCUT2D eigenvalue weighted by molar-refractivity contribution is -0.396. The molecule has 23 rings (SSSR count). The van der Waals surface area contributed by atoms with Gasteiger partial charge >= 0.3 is 0 Å². The molecule has 0 spiro atoms. The smallest absolute Gasteiger partial charge is 0.243 e. The molecule has 0 saturated carbocycles. The monoisotopic (exact) mass is 1720 g/mol. The predicted octanol–water partition coefficient (Wildman–Crippen LogP) is -15.2. The number of phenolic OH excluding ortho intramolecular Hbond substituents is 1. The zero-order valence-corrected chi connectivity index (χ0v) is 64.8. The van der Waals surface area contributed by atoms with Gasteiger partial charge in [-0.2, -0.15) is 0 Å². The summed E-state index contributed by atoms with van der Waals surface area (Å²) < 4.78 is 79.5. The van der Waals surface area contributed by atoms with Crippen LogP contribution in [-0.4, -0.2) is 452 Å². The van der Waals surface area contributed by atoms with E-state index < -0.39 is 309 Å². The fourth-order valence-corrected chi connectivity index (χ4v) is 14.6. The van der Waals surface area contributed by atoms with E-state index in [-0.39, 0.29) is 43.6 Å². The molecule has 28 N–H and O–H groups in total. The van der Waals surface area contributed by atoms with Gasteiger partial charge in [0.25, 0.3) is 0 Å². The molecular weight excluding hydrogens is 1600 g/mol. The molecule has 21 aliphatic rings. The first-order valence-electron chi connectivity index (χ1n) is 38.5. The van der Waals surface area contributed by atoms with Gasteiger partial charge in [0.2, 0.25) is 29.5 Å². The molecule has 2 aromatic carbocycles. The Labute approximate surface area is 679 Å². The summed E-state index contributed by atoms with van der Waals surface area (Å²) in [5, 5.41) is 250. The van der Waals surface area contributed by atoms with Crippen molar-refractivity contribution in [2.45, 2.75) is 280 Å². The number of likely N-dealkylation sites (N-methyl/N-ethyl adjacent to an activating group) is 1. The van der Waals surface area contributed by atoms with Crippen molar-refractivity contribution in [2.24, 2.45) is 5.73 Å². The Hall–Kier alpha value is -5.85. The van der Waals surface area contributed by atoms with Gasteiger partial charge in [0.1, 0.15) is 189 Å². The van der Waals surface area contributed by atoms with Gasteiger partial charge in [-0.1, -0.05) is 42.5 Å². The number of phenols is 1. The molecule has 2 aromatic rings. The molecule has 21 fully saturated rings. The number of carbonyl (C=O) groups is 5. The Morgan fingerprint density at radius 2 is 0.639 bits per heavy atom. The summed E-state index contributed by atoms with van der Waals surface area (Å²) in [7, 11) is 0. The molecule has 14 bridgehead atoms. The summed E-state index contributed by atoms with van der Waals surface area (Å²) in [5.74, 6) is -2.40. The van der Waals surface area contributed by atoms with E-state index in [4.69, 9.17) is 72.0 Å². The summed E-state index contributed by atoms with van der Waals surface area (Å²) in [5.41, 5.74) is 7.54. The third kappa shape index (κ3) is 23.2. The van der Waals surface area contributed by atoms with Gasteiger partial charge in [0.15, 0.2) is 44.0 Å². The minimum atomic E-state index is -2.21. The summed E-state index contributed by atoms with van der Waals surface area (Å²) >= 11 is 0. The standard InChI is InChI=1S/C42H70O35.C30H42N6O6/c43-1-8-29-15(50)22(57)36(64-8)72-30-9(2-44)66-38(24(59)17(30)52)74-32-11(4-46)68-40(26(61)19(32)54)76-34-13(6-48)70-42(28(63)21(34)56)77-35-14(7-49)69-41(27(62)20(35)55)75-33-12(5-47)67-39(25(60)18(33)53)73-31-10(3-45)65-37(71-29)23(58)16(31)51;1-5-36(25(16-21-9-7-6-8-10-21)30(42)32-17-26(38)34-19(2)3)27(39)18-33-28(40)20(4)35-29(41)24(31)15-22-11-13-23(37)14-12-22/h8-63H,1-7H2;6-14,19-20,24-25,37H,5,15-18,31H2,1-4H3,(H,32,42)(H,33,40)(H,34,38)(H,35,41)/t8-,9-,10-,11-,12-,13-,14-,15-,16-,17-,18-,19-,20-,21-,22-,23-,24-,25-,26-,27-,28-,29-,30-,31-,32-,33-,34-,35-,36-,37-,38-,39-,40-,41-,42-;20-,24+,25?/m11/s1. The summed E-state index contributed by atoms with van der Waals surface area (Å²) in [6.07, 6.45) is -69.8. The largest absolute Gasteiger partial charge is 0.508 e. The zero-order valence-electron chi connectivity index (χ0n) is 64.8. The Morgan fingerprint density at radius 1 is 0.361 bits per heavy atom. The predicted molar refractivity (Wildman–Crippen MR) is 386 cm³/mol. The fourth-order valence-electron chi connectivity index (χ4n) is 14.6. The highest BCUT2D eigenvalue weighted by Crippen LogP contribution is 2.39. The Morgan fingerprint density at radius 3 is 0.908 bits per heavy atom. The van der Waals surface area contributed by atoms with E-state index in [1.54, 1.807) is 19.1 Å². The van der Waals surface area contributed by atoms with Crippen LogP contribution in [0.2, 0.25) is 0 Å². The minimum Gasteiger partial charge on any atom is -0.508 e. The van der Waals surface area contributed by atoms with Crippen molar-refractivity contribution in [3.05, 3.63) is 65.7 Å². The topological polar surface area (TPSA) is 737 Å². The van der Waals surface area contributed by atoms with Gasteiger partial charge < -0.3 is 211 Å². The van der Waals surface area contributed by atoms with Crippen molar-refractivity contribution in [3.8, 4) is 5.75 Å². The molecule has 5 amide bonds. The van der Waals surface area contributed by atoms with E-state index in [0.717, 1.165) is 11.1 Å². The Bertz CT molecular complexity index is 3120. The number of nitrogens with zero attached hydrogens (tertiary/aromatic N) is 1. The first-order valence-corrected chi connectivity index (χ1v) is 38.5. The first kappa shape index (κ1) is 97.0. The highest BCUT2D eigenvalue weighted by molar-refractivity contribution is 5.94. The van der Waals surface area contributed by atoms with Crippen LogP contribution in [0, 0.1) is 0 Å². The van der Waals surface area contributed by atoms with E-state index in [0.29, 0.717) is 0 Å². The SMILES string of the molecule is CCN(C(=O)CNC(=O)[C@@H](C)NC(=O)[C@@H](N)Cc1ccc(O)cc1)C(Cc1ccccc1)C(=O)NCC(=O)NC(C)C.OC[C@H]1O[C@@H]2O[C@H]3[C@H](O)[C@@H](O)[C@@H](O[C@H]4[C@H](O)[C@@H](O)[C@@H](O[C@H]5[C@H](O)[C@@H](O)[C@@H](O[C@H]6[C@H](O)[C@@H](O)[C@@H](O[C@H]7[C@H](O)[C@@H](O)[C@@H](O[C@H]8[C@H](O)[C@@H](O)[C@@H](O[C@H]1[C@H](O)[C@H]2O)O[C@@H]8CO)O[C@@H]7CO)O[C@@H]6CO)O[C@@H]5CO)O[C@@H]4CO)O[C@@H]3CO. The van der Waals surface area contributed by atoms with Gasteiger partial charge in [0, 0.05) is 19.0 Å². The number of amides is 5. The molecule has 21 heterocycles. The van der Waals surface area contributed by atoms with Gasteiger partial charge in [0.05, 0.1) is 65.4 Å². The van der Waals surface area contributed by atoms with Crippen LogP contribution in [0.25, 0.3) is 0 Å². The quantitative estimate of drug-likeness (QED) is 0.0520. The number of aliphatic hydroxyl groups excluding tert-OH is 21. The molecule has 21 aliphatic heterocycles. The number of nitrogens with one attached hydrogen (secondary N) is 4. The number of rotatable bonds is 22. The zero-order chi connectivity index (χ0) is 87.3. The number of carbonyl (C=O) groups excluding carboxylic acids is 5. The molecule has 1 unspecified atom stereocenters. The van der Waals surface area contributed by atoms with Crippen molar-refractivity contribution in [1.29, 1.82) is 0 Å². The van der Waals surface area contributed by atoms with Gasteiger partial charge in [-0.3, -0.25) is 24.0 Å². The molecular formula is C72H112N6O41. The fraction of sp³-hybridized carbons (Fsp3) is 0.764. The molecule has 21 saturated heterocycles. The van der Waals surface area contributed by atoms with Crippen LogP contribution >= 0.6 is 0 Å². The molecule has 676 valence electrons. The van der Waals surface area contributed by atoms with E-state index in [2.05, 4.69) is 21.3 Å². The summed E-state index contributed by atoms with van der Waals surface area (Å²) in [6.45, 7) is -0.992. The molecule has 0 aliphatic carbocycles. The first-order chi connectivity index (χ1) is 56.6. The van der Waals surface area contributed by atoms with Crippen LogP contribution in [0.3, 0.4) is 0 Å². The van der Waals surface area contributed by atoms with Crippen molar-refractivity contribution < 1.29 is 203 Å². The van der Waals surface area contributed by atoms with Gasteiger partial charge in [-0.25, -0.2) is 0 Å². The molecule has 0 radical (unpaired) electrons. The minimum absolute atomic E-state index is 0.0889. The number of ether oxygens (including phenoxy) is 14. The Kier molecular flexibility index (Phi) is 36.0. The van der Waals surface area contributed by atoms with Crippen LogP contribution in [0.15, 0.2) is 54.6 Å².